The van der Waals surface area contributed by atoms with Gasteiger partial charge in [-0.1, -0.05) is 0 Å². The van der Waals surface area contributed by atoms with Gasteiger partial charge < -0.3 is 12.3 Å². The average Bonchev–Trinajstić information content (AvgIpc) is 3.84. The first-order valence-corrected chi connectivity index (χ1v) is 29.8. The lowest BCUT2D eigenvalue weighted by Gasteiger charge is -2.71. The van der Waals surface area contributed by atoms with Crippen molar-refractivity contribution in [1.82, 2.24) is 0 Å². The van der Waals surface area contributed by atoms with E-state index in [4.69, 9.17) is 12.3 Å². The molecule has 9 nitrogen and oxygen atoms in total. The van der Waals surface area contributed by atoms with Crippen LogP contribution < -0.4 is 0 Å². The lowest BCUT2D eigenvalue weighted by molar-refractivity contribution is -0.0689. The molecule has 0 amide bonds. The summed E-state index contributed by atoms with van der Waals surface area (Å²) in [6.45, 7) is -10.1. The van der Waals surface area contributed by atoms with E-state index in [0.29, 0.717) is 65.7 Å². The van der Waals surface area contributed by atoms with Gasteiger partial charge >= 0.3 is 53.6 Å². The lowest BCUT2D eigenvalue weighted by atomic mass is 9.43. The van der Waals surface area contributed by atoms with E-state index in [0.717, 1.165) is 48.6 Å². The maximum atomic E-state index is 14.8. The predicted molar refractivity (Wildman–Crippen MR) is 209 cm³/mol. The van der Waals surface area contributed by atoms with Crippen molar-refractivity contribution in [3.63, 3.8) is 0 Å². The Balaban J connectivity index is 1.24. The molecule has 14 aliphatic rings. The van der Waals surface area contributed by atoms with Gasteiger partial charge in [0.2, 0.25) is 0 Å². The molecule has 12 saturated carbocycles. The van der Waals surface area contributed by atoms with E-state index in [1.165, 1.54) is 0 Å². The third-order valence-corrected chi connectivity index (χ3v) is 34.7. The molecule has 0 aromatic carbocycles. The number of hydrogen-bond acceptors (Lipinski definition) is 9. The van der Waals surface area contributed by atoms with Crippen molar-refractivity contribution in [3.05, 3.63) is 0 Å². The zero-order valence-electron chi connectivity index (χ0n) is 32.6. The Morgan fingerprint density at radius 2 is 0.721 bits per heavy atom. The summed E-state index contributed by atoms with van der Waals surface area (Å²) in [7, 11) is -22.2. The van der Waals surface area contributed by atoms with Gasteiger partial charge in [0.1, 0.15) is 24.7 Å². The molecule has 2 atom stereocenters. The Kier molecular flexibility index (Phi) is 9.07. The van der Waals surface area contributed by atoms with E-state index in [9.17, 15) is 64.8 Å². The number of rotatable bonds is 10. The fourth-order valence-electron chi connectivity index (χ4n) is 17.2. The minimum absolute atomic E-state index is 0.0314. The lowest BCUT2D eigenvalue weighted by Crippen LogP contribution is -2.77. The maximum absolute atomic E-state index is 14.8. The molecule has 2 heterocycles. The second-order valence-electron chi connectivity index (χ2n) is 21.4. The van der Waals surface area contributed by atoms with Crippen molar-refractivity contribution >= 4 is 70.2 Å². The van der Waals surface area contributed by atoms with Crippen molar-refractivity contribution in [2.24, 2.45) is 69.5 Å². The van der Waals surface area contributed by atoms with Gasteiger partial charge in [0, 0.05) is 10.8 Å². The van der Waals surface area contributed by atoms with Gasteiger partial charge in [-0.2, -0.15) is 64.8 Å². The first-order chi connectivity index (χ1) is 28.0. The van der Waals surface area contributed by atoms with Crippen molar-refractivity contribution in [3.8, 4) is 0 Å². The SMILES string of the molecule is O=S(=O)(O[B-](OS(=O)(=O)C(F)(F)F)(OS(=O)(=O)C(F)(F)F)C1(C23CC4CC(CC(C4)C2)C3)P=C(C23CC4CC(CC(C4)C2)C3)[P+]12P=C2C12CC3CC(CC(C3)C1)C2)C(F)(F)F. The zero-order valence-corrected chi connectivity index (χ0v) is 37.8. The van der Waals surface area contributed by atoms with E-state index in [2.05, 4.69) is 0 Å². The summed E-state index contributed by atoms with van der Waals surface area (Å²) in [5.74, 6) is 0.592. The van der Waals surface area contributed by atoms with E-state index in [1.807, 2.05) is 0 Å². The van der Waals surface area contributed by atoms with Crippen LogP contribution in [0.4, 0.5) is 39.5 Å². The highest BCUT2D eigenvalue weighted by molar-refractivity contribution is 8.68. The van der Waals surface area contributed by atoms with Gasteiger partial charge in [-0.05, 0) is 182 Å². The summed E-state index contributed by atoms with van der Waals surface area (Å²) in [5, 5.41) is 1.45. The fraction of sp³-hybridized carbons (Fsp3) is 0.944. The highest BCUT2D eigenvalue weighted by Gasteiger charge is 2.95. The number of halogens is 9. The minimum atomic E-state index is -7.46. The van der Waals surface area contributed by atoms with Crippen LogP contribution in [0.3, 0.4) is 0 Å². The Hall–Kier alpha value is -0.0651. The molecule has 2 unspecified atom stereocenters. The van der Waals surface area contributed by atoms with Crippen LogP contribution in [-0.4, -0.2) is 63.4 Å². The summed E-state index contributed by atoms with van der Waals surface area (Å²) < 4.78 is 229. The molecule has 14 rings (SSSR count). The predicted octanol–water partition coefficient (Wildman–Crippen LogP) is 10.5. The van der Waals surface area contributed by atoms with Crippen molar-refractivity contribution in [2.75, 3.05) is 0 Å². The smallest absolute Gasteiger partial charge is 0.421 e. The molecule has 12 bridgehead atoms. The van der Waals surface area contributed by atoms with Crippen molar-refractivity contribution in [2.45, 2.75) is 137 Å². The van der Waals surface area contributed by atoms with E-state index in [-0.39, 0.29) is 80.7 Å². The Bertz CT molecular complexity index is 2150. The van der Waals surface area contributed by atoms with Gasteiger partial charge in [-0.15, -0.1) is 0 Å². The standard InChI is InChI=1S/C36H45BF9O9P3S3/c38-34(39,40)59(47,48)53-37(54-60(49,50)35(41,42)43,55-61(51,52)36(44,45)46)33(32-16-25-7-26(17-32)9-27(8-25)18-32)56-28(30-10-19-1-20(11-30)3-21(2-19)12-30)58(33)29(57-58)31-13-22-4-23(14-31)6-24(5-22)15-31/h19-27H,1-18H2. The van der Waals surface area contributed by atoms with Crippen LogP contribution >= 0.6 is 23.0 Å². The summed E-state index contributed by atoms with van der Waals surface area (Å²) in [4.78, 5) is -2.79. The molecule has 2 aliphatic heterocycles. The molecule has 61 heavy (non-hydrogen) atoms. The normalized spacial score (nSPS) is 47.7. The third-order valence-electron chi connectivity index (χ3n) is 17.5. The van der Waals surface area contributed by atoms with Crippen LogP contribution in [0, 0.1) is 69.5 Å². The average molecular weight is 993 g/mol. The summed E-state index contributed by atoms with van der Waals surface area (Å²) in [6.07, 6.45) is 10.8. The molecule has 0 radical (unpaired) electrons. The van der Waals surface area contributed by atoms with E-state index in [1.54, 1.807) is 0 Å². The molecule has 25 heteroatoms. The number of hydrogen-bond donors (Lipinski definition) is 0. The monoisotopic (exact) mass is 992 g/mol. The van der Waals surface area contributed by atoms with E-state index >= 15 is 0 Å². The van der Waals surface area contributed by atoms with Crippen molar-refractivity contribution < 1.29 is 77.1 Å². The molecule has 0 saturated heterocycles. The van der Waals surface area contributed by atoms with Gasteiger partial charge in [-0.3, -0.25) is 0 Å². The minimum Gasteiger partial charge on any atom is -0.421 e. The Labute approximate surface area is 352 Å². The first-order valence-electron chi connectivity index (χ1n) is 21.3. The highest BCUT2D eigenvalue weighted by atomic mass is 32.2. The van der Waals surface area contributed by atoms with Gasteiger partial charge in [0.25, 0.3) is 0 Å². The molecule has 12 aliphatic carbocycles. The van der Waals surface area contributed by atoms with Gasteiger partial charge in [0.05, 0.1) is 0 Å². The summed E-state index contributed by atoms with van der Waals surface area (Å²) in [5.41, 5.74) is -22.8. The first kappa shape index (κ1) is 43.5. The van der Waals surface area contributed by atoms with Crippen LogP contribution in [0.1, 0.15) is 116 Å². The zero-order chi connectivity index (χ0) is 43.6. The molecule has 0 aromatic heterocycles. The molecule has 342 valence electrons. The number of alkyl halides is 9. The largest absolute Gasteiger partial charge is 0.519 e. The highest BCUT2D eigenvalue weighted by Crippen LogP contribution is 3.09. The molecule has 0 aromatic rings. The van der Waals surface area contributed by atoms with Gasteiger partial charge in [-0.25, -0.2) is 0 Å². The molecular formula is C36H45BF9O9P3S3. The Morgan fingerprint density at radius 3 is 1.00 bits per heavy atom. The van der Waals surface area contributed by atoms with Crippen LogP contribution in [0.5, 0.6) is 0 Å². The van der Waals surface area contributed by atoms with Crippen LogP contribution in [0.25, 0.3) is 0 Å². The molecular weight excluding hydrogens is 947 g/mol. The quantitative estimate of drug-likeness (QED) is 0.0909. The molecule has 0 N–H and O–H groups in total. The Morgan fingerprint density at radius 1 is 0.459 bits per heavy atom. The van der Waals surface area contributed by atoms with Gasteiger partial charge in [0.15, 0.2) is 5.03 Å². The van der Waals surface area contributed by atoms with E-state index < -0.39 is 81.6 Å². The maximum Gasteiger partial charge on any atom is 0.519 e. The van der Waals surface area contributed by atoms with Crippen molar-refractivity contribution in [1.29, 1.82) is 0 Å². The second-order valence-corrected chi connectivity index (χ2v) is 34.5. The molecule has 12 fully saturated rings. The van der Waals surface area contributed by atoms with Crippen LogP contribution in [0.15, 0.2) is 0 Å². The summed E-state index contributed by atoms with van der Waals surface area (Å²) in [6, 6.07) is 0. The topological polar surface area (TPSA) is 130 Å². The van der Waals surface area contributed by atoms with Crippen LogP contribution in [0.2, 0.25) is 0 Å². The van der Waals surface area contributed by atoms with Crippen LogP contribution in [-0.2, 0) is 42.7 Å². The third kappa shape index (κ3) is 5.88. The summed E-state index contributed by atoms with van der Waals surface area (Å²) >= 11 is 0. The second kappa shape index (κ2) is 12.7. The molecule has 1 spiro atoms. The fourth-order valence-corrected chi connectivity index (χ4v) is 37.5.